The molecule has 2 aromatic carbocycles. The van der Waals surface area contributed by atoms with Crippen LogP contribution >= 0.6 is 23.2 Å². The summed E-state index contributed by atoms with van der Waals surface area (Å²) >= 11 is 12.2. The van der Waals surface area contributed by atoms with Gasteiger partial charge in [-0.3, -0.25) is 24.3 Å². The molecule has 3 N–H and O–H groups in total. The van der Waals surface area contributed by atoms with Crippen LogP contribution in [0.3, 0.4) is 0 Å². The van der Waals surface area contributed by atoms with Gasteiger partial charge in [0.2, 0.25) is 5.91 Å². The van der Waals surface area contributed by atoms with Crippen LogP contribution in [0.1, 0.15) is 44.0 Å². The molecule has 4 rings (SSSR count). The summed E-state index contributed by atoms with van der Waals surface area (Å²) in [5.41, 5.74) is 1.66. The third-order valence-corrected chi connectivity index (χ3v) is 6.32. The second-order valence-corrected chi connectivity index (χ2v) is 9.11. The Morgan fingerprint density at radius 2 is 1.76 bits per heavy atom. The number of halogens is 2. The van der Waals surface area contributed by atoms with Crippen molar-refractivity contribution in [2.45, 2.75) is 12.8 Å². The van der Waals surface area contributed by atoms with Crippen molar-refractivity contribution in [3.8, 4) is 0 Å². The molecular weight excluding hydrogens is 531 g/mol. The number of nitrogens with zero attached hydrogens (tertiary/aromatic N) is 3. The first kappa shape index (κ1) is 26.8. The fourth-order valence-corrected chi connectivity index (χ4v) is 4.40. The topological polar surface area (TPSA) is 137 Å². The number of nitrogens with one attached hydrogen (secondary N) is 3. The maximum absolute atomic E-state index is 13.0. The smallest absolute Gasteiger partial charge is 0.297 e. The van der Waals surface area contributed by atoms with Crippen LogP contribution in [0.5, 0.6) is 0 Å². The maximum atomic E-state index is 13.0. The molecule has 2 heterocycles. The maximum Gasteiger partial charge on any atom is 0.297 e. The van der Waals surface area contributed by atoms with Gasteiger partial charge in [-0.15, -0.1) is 0 Å². The number of aromatic amines is 1. The fourth-order valence-electron chi connectivity index (χ4n) is 3.83. The van der Waals surface area contributed by atoms with Crippen molar-refractivity contribution >= 4 is 63.9 Å². The molecule has 1 aromatic heterocycles. The Hall–Kier alpha value is -4.28. The van der Waals surface area contributed by atoms with Crippen LogP contribution in [0, 0.1) is 0 Å². The summed E-state index contributed by atoms with van der Waals surface area (Å²) < 4.78 is 0. The number of piperidine rings is 1. The number of hydrogen-bond donors (Lipinski definition) is 3. The summed E-state index contributed by atoms with van der Waals surface area (Å²) in [6.45, 7) is 4.08. The lowest BCUT2D eigenvalue weighted by atomic mass is 10.1. The van der Waals surface area contributed by atoms with Crippen LogP contribution in [-0.4, -0.2) is 57.5 Å². The normalized spacial score (nSPS) is 14.2. The van der Waals surface area contributed by atoms with Gasteiger partial charge >= 0.3 is 0 Å². The van der Waals surface area contributed by atoms with Crippen LogP contribution in [0.15, 0.2) is 66.3 Å². The average molecular weight is 553 g/mol. The third-order valence-electron chi connectivity index (χ3n) is 5.69. The Kier molecular flexibility index (Phi) is 8.35. The molecule has 0 unspecified atom stereocenters. The molecule has 0 atom stereocenters. The molecule has 1 fully saturated rings. The monoisotopic (exact) mass is 552 g/mol. The number of anilines is 2. The third kappa shape index (κ3) is 6.16. The van der Waals surface area contributed by atoms with Gasteiger partial charge in [0.15, 0.2) is 0 Å². The van der Waals surface area contributed by atoms with Gasteiger partial charge in [-0.25, -0.2) is 4.99 Å². The summed E-state index contributed by atoms with van der Waals surface area (Å²) in [5, 5.41) is 11.9. The number of likely N-dealkylation sites (tertiary alicyclic amines) is 1. The van der Waals surface area contributed by atoms with Crippen molar-refractivity contribution in [3.05, 3.63) is 88.2 Å². The number of H-pyrrole nitrogens is 1. The SMILES string of the molecule is C=CC(=O)Nc1ccc(C(=O)N2CCCC(=NC(=O)c3[nH]ncc3NC(=O)c3c(Cl)cccc3Cl)C2)cc1. The van der Waals surface area contributed by atoms with E-state index < -0.39 is 11.8 Å². The Bertz CT molecular complexity index is 1430. The molecule has 0 radical (unpaired) electrons. The van der Waals surface area contributed by atoms with Crippen molar-refractivity contribution in [1.82, 2.24) is 15.1 Å². The Labute approximate surface area is 227 Å². The largest absolute Gasteiger partial charge is 0.333 e. The first-order valence-electron chi connectivity index (χ1n) is 11.5. The molecule has 12 heteroatoms. The number of carbonyl (C=O) groups is 4. The Morgan fingerprint density at radius 3 is 2.45 bits per heavy atom. The van der Waals surface area contributed by atoms with Crippen molar-refractivity contribution in [2.75, 3.05) is 23.7 Å². The summed E-state index contributed by atoms with van der Waals surface area (Å²) in [7, 11) is 0. The van der Waals surface area contributed by atoms with Gasteiger partial charge in [-0.05, 0) is 55.3 Å². The zero-order valence-corrected chi connectivity index (χ0v) is 21.5. The number of benzene rings is 2. The summed E-state index contributed by atoms with van der Waals surface area (Å²) in [6, 6.07) is 11.1. The van der Waals surface area contributed by atoms with E-state index in [9.17, 15) is 19.2 Å². The van der Waals surface area contributed by atoms with Crippen LogP contribution in [0.4, 0.5) is 11.4 Å². The number of hydrogen-bond acceptors (Lipinski definition) is 5. The highest BCUT2D eigenvalue weighted by Crippen LogP contribution is 2.26. The molecule has 1 aliphatic rings. The van der Waals surface area contributed by atoms with E-state index in [4.69, 9.17) is 23.2 Å². The zero-order valence-electron chi connectivity index (χ0n) is 20.0. The van der Waals surface area contributed by atoms with Crippen molar-refractivity contribution in [1.29, 1.82) is 0 Å². The van der Waals surface area contributed by atoms with Gasteiger partial charge in [0.25, 0.3) is 17.7 Å². The van der Waals surface area contributed by atoms with E-state index in [1.807, 2.05) is 0 Å². The molecule has 3 aromatic rings. The molecule has 0 bridgehead atoms. The van der Waals surface area contributed by atoms with Crippen LogP contribution < -0.4 is 10.6 Å². The van der Waals surface area contributed by atoms with Crippen molar-refractivity contribution in [2.24, 2.45) is 4.99 Å². The number of aliphatic imine (C=N–C) groups is 1. The summed E-state index contributed by atoms with van der Waals surface area (Å²) in [4.78, 5) is 55.9. The average Bonchev–Trinajstić information content (AvgIpc) is 3.37. The van der Waals surface area contributed by atoms with E-state index in [0.29, 0.717) is 36.3 Å². The van der Waals surface area contributed by atoms with Gasteiger partial charge < -0.3 is 15.5 Å². The second-order valence-electron chi connectivity index (χ2n) is 8.29. The lowest BCUT2D eigenvalue weighted by Crippen LogP contribution is -2.40. The molecule has 10 nitrogen and oxygen atoms in total. The lowest BCUT2D eigenvalue weighted by Gasteiger charge is -2.28. The first-order chi connectivity index (χ1) is 18.3. The number of aromatic nitrogens is 2. The molecule has 1 aliphatic heterocycles. The van der Waals surface area contributed by atoms with Crippen molar-refractivity contribution < 1.29 is 19.2 Å². The molecule has 0 aliphatic carbocycles. The molecule has 194 valence electrons. The van der Waals surface area contributed by atoms with Gasteiger partial charge in [-0.1, -0.05) is 35.8 Å². The summed E-state index contributed by atoms with van der Waals surface area (Å²) in [5.74, 6) is -1.82. The quantitative estimate of drug-likeness (QED) is 0.383. The minimum Gasteiger partial charge on any atom is -0.333 e. The molecule has 0 saturated carbocycles. The minimum absolute atomic E-state index is 0.0189. The van der Waals surface area contributed by atoms with Gasteiger partial charge in [0.1, 0.15) is 5.69 Å². The van der Waals surface area contributed by atoms with Gasteiger partial charge in [0, 0.05) is 23.5 Å². The van der Waals surface area contributed by atoms with Gasteiger partial charge in [0.05, 0.1) is 34.0 Å². The van der Waals surface area contributed by atoms with Crippen LogP contribution in [0.25, 0.3) is 0 Å². The highest BCUT2D eigenvalue weighted by molar-refractivity contribution is 6.40. The van der Waals surface area contributed by atoms with Crippen molar-refractivity contribution in [3.63, 3.8) is 0 Å². The van der Waals surface area contributed by atoms with E-state index >= 15 is 0 Å². The Morgan fingerprint density at radius 1 is 1.05 bits per heavy atom. The molecule has 4 amide bonds. The van der Waals surface area contributed by atoms with Gasteiger partial charge in [-0.2, -0.15) is 5.10 Å². The van der Waals surface area contributed by atoms with E-state index in [2.05, 4.69) is 32.4 Å². The summed E-state index contributed by atoms with van der Waals surface area (Å²) in [6.07, 6.45) is 3.60. The molecule has 1 saturated heterocycles. The lowest BCUT2D eigenvalue weighted by molar-refractivity contribution is -0.111. The van der Waals surface area contributed by atoms with E-state index in [1.54, 1.807) is 35.2 Å². The molecule has 0 spiro atoms. The Balaban J connectivity index is 1.44. The minimum atomic E-state index is -0.644. The molecule has 38 heavy (non-hydrogen) atoms. The fraction of sp³-hybridized carbons (Fsp3) is 0.154. The van der Waals surface area contributed by atoms with E-state index in [1.165, 1.54) is 18.3 Å². The van der Waals surface area contributed by atoms with Crippen LogP contribution in [-0.2, 0) is 4.79 Å². The predicted octanol–water partition coefficient (Wildman–Crippen LogP) is 4.61. The second kappa shape index (κ2) is 11.8. The van der Waals surface area contributed by atoms with Crippen LogP contribution in [0.2, 0.25) is 10.0 Å². The zero-order chi connectivity index (χ0) is 27.2. The highest BCUT2D eigenvalue weighted by atomic mass is 35.5. The predicted molar refractivity (Wildman–Crippen MR) is 145 cm³/mol. The number of rotatable bonds is 6. The first-order valence-corrected chi connectivity index (χ1v) is 12.2. The highest BCUT2D eigenvalue weighted by Gasteiger charge is 2.24. The number of amides is 4. The number of carbonyl (C=O) groups excluding carboxylic acids is 4. The van der Waals surface area contributed by atoms with E-state index in [-0.39, 0.29) is 45.3 Å². The standard InChI is InChI=1S/C26H22Cl2N6O4/c1-2-21(35)30-16-10-8-15(9-11-16)26(38)34-12-4-5-17(14-34)31-25(37)23-20(13-29-33-23)32-24(36)22-18(27)6-3-7-19(22)28/h2-3,6-11,13H,1,4-5,12,14H2,(H,29,33)(H,30,35)(H,32,36). The van der Waals surface area contributed by atoms with E-state index in [0.717, 1.165) is 6.08 Å². The molecular formula is C26H22Cl2N6O4.